The summed E-state index contributed by atoms with van der Waals surface area (Å²) in [5.41, 5.74) is -4.59. The van der Waals surface area contributed by atoms with Crippen molar-refractivity contribution in [2.24, 2.45) is 0 Å². The Balaban J connectivity index is 2.20. The fourth-order valence-electron chi connectivity index (χ4n) is 2.65. The third kappa shape index (κ3) is 3.72. The van der Waals surface area contributed by atoms with E-state index in [2.05, 4.69) is 5.43 Å². The highest BCUT2D eigenvalue weighted by atomic mass is 19.4. The van der Waals surface area contributed by atoms with Gasteiger partial charge in [0.15, 0.2) is 0 Å². The molecule has 0 spiro atoms. The molecule has 0 atom stereocenters. The zero-order valence-corrected chi connectivity index (χ0v) is 14.9. The van der Waals surface area contributed by atoms with Crippen LogP contribution in [0.1, 0.15) is 15.9 Å². The van der Waals surface area contributed by atoms with Gasteiger partial charge in [-0.25, -0.2) is 4.68 Å². The lowest BCUT2D eigenvalue weighted by Crippen LogP contribution is -2.42. The first kappa shape index (κ1) is 20.6. The first-order valence-electron chi connectivity index (χ1n) is 8.03. The highest BCUT2D eigenvalue weighted by molar-refractivity contribution is 6.00. The van der Waals surface area contributed by atoms with Gasteiger partial charge in [0.1, 0.15) is 11.3 Å². The Labute approximate surface area is 163 Å². The van der Waals surface area contributed by atoms with Gasteiger partial charge in [-0.1, -0.05) is 0 Å². The summed E-state index contributed by atoms with van der Waals surface area (Å²) in [7, 11) is 1.40. The molecule has 0 bridgehead atoms. The molecule has 2 aromatic carbocycles. The van der Waals surface area contributed by atoms with Crippen molar-refractivity contribution < 1.29 is 27.6 Å². The Hall–Kier alpha value is -4.16. The van der Waals surface area contributed by atoms with Gasteiger partial charge < -0.3 is 9.72 Å². The van der Waals surface area contributed by atoms with Crippen LogP contribution < -0.4 is 21.3 Å². The van der Waals surface area contributed by atoms with E-state index in [-0.39, 0.29) is 5.56 Å². The number of rotatable bonds is 4. The SMILES string of the molecule is COc1ccc(C(=O)Nn2c(=O)c(=O)[nH]c3cc(C(F)(F)F)c([N+](=O)[O-])cc32)cc1. The Morgan fingerprint density at radius 1 is 1.20 bits per heavy atom. The smallest absolute Gasteiger partial charge is 0.423 e. The average molecular weight is 424 g/mol. The molecule has 156 valence electrons. The number of hydrogen-bond acceptors (Lipinski definition) is 6. The molecule has 30 heavy (non-hydrogen) atoms. The third-order valence-electron chi connectivity index (χ3n) is 4.07. The number of fused-ring (bicyclic) bond motifs is 1. The molecule has 10 nitrogen and oxygen atoms in total. The number of halogens is 3. The predicted molar refractivity (Wildman–Crippen MR) is 97.2 cm³/mol. The summed E-state index contributed by atoms with van der Waals surface area (Å²) >= 11 is 0. The molecular weight excluding hydrogens is 413 g/mol. The molecule has 0 saturated heterocycles. The van der Waals surface area contributed by atoms with Crippen molar-refractivity contribution in [3.05, 3.63) is 78.3 Å². The molecule has 0 fully saturated rings. The fraction of sp³-hybridized carbons (Fsp3) is 0.118. The summed E-state index contributed by atoms with van der Waals surface area (Å²) in [6.07, 6.45) is -5.10. The van der Waals surface area contributed by atoms with Crippen LogP contribution in [0.25, 0.3) is 11.0 Å². The zero-order chi connectivity index (χ0) is 22.2. The lowest BCUT2D eigenvalue weighted by atomic mass is 10.1. The normalized spacial score (nSPS) is 11.3. The molecular formula is C17H11F3N4O6. The molecule has 0 saturated carbocycles. The van der Waals surface area contributed by atoms with Gasteiger partial charge in [-0.05, 0) is 30.3 Å². The van der Waals surface area contributed by atoms with E-state index in [1.807, 2.05) is 4.98 Å². The number of nitrogens with one attached hydrogen (secondary N) is 2. The summed E-state index contributed by atoms with van der Waals surface area (Å²) in [5, 5.41) is 11.1. The average Bonchev–Trinajstić information content (AvgIpc) is 2.69. The number of alkyl halides is 3. The number of nitro benzene ring substituents is 1. The number of amides is 1. The summed E-state index contributed by atoms with van der Waals surface area (Å²) in [4.78, 5) is 48.3. The van der Waals surface area contributed by atoms with Crippen LogP contribution in [0.5, 0.6) is 5.75 Å². The Kier molecular flexibility index (Phi) is 5.04. The van der Waals surface area contributed by atoms with E-state index in [1.165, 1.54) is 31.4 Å². The van der Waals surface area contributed by atoms with Crippen LogP contribution in [0.15, 0.2) is 46.0 Å². The van der Waals surface area contributed by atoms with Gasteiger partial charge in [-0.3, -0.25) is 29.9 Å². The minimum Gasteiger partial charge on any atom is -0.497 e. The number of carbonyl (C=O) groups is 1. The highest BCUT2D eigenvalue weighted by Gasteiger charge is 2.39. The van der Waals surface area contributed by atoms with E-state index in [0.717, 1.165) is 0 Å². The van der Waals surface area contributed by atoms with E-state index in [1.54, 1.807) is 0 Å². The second kappa shape index (κ2) is 7.35. The van der Waals surface area contributed by atoms with E-state index in [4.69, 9.17) is 4.74 Å². The fourth-order valence-corrected chi connectivity index (χ4v) is 2.65. The van der Waals surface area contributed by atoms with Crippen molar-refractivity contribution in [3.8, 4) is 5.75 Å². The standard InChI is InChI=1S/C17H11F3N4O6/c1-30-9-4-2-8(3-5-9)14(25)22-23-13-7-12(24(28)29)10(17(18,19)20)6-11(13)21-15(26)16(23)27/h2-7H,1H3,(H,21,26)(H,22,25). The molecule has 13 heteroatoms. The molecule has 0 unspecified atom stereocenters. The number of aromatic nitrogens is 2. The van der Waals surface area contributed by atoms with E-state index in [9.17, 15) is 37.7 Å². The predicted octanol–water partition coefficient (Wildman–Crippen LogP) is 2.01. The molecule has 1 heterocycles. The first-order valence-corrected chi connectivity index (χ1v) is 8.03. The lowest BCUT2D eigenvalue weighted by molar-refractivity contribution is -0.387. The number of nitro groups is 1. The third-order valence-corrected chi connectivity index (χ3v) is 4.07. The molecule has 1 amide bonds. The number of benzene rings is 2. The Morgan fingerprint density at radius 2 is 1.83 bits per heavy atom. The number of carbonyl (C=O) groups excluding carboxylic acids is 1. The molecule has 0 radical (unpaired) electrons. The Morgan fingerprint density at radius 3 is 2.37 bits per heavy atom. The van der Waals surface area contributed by atoms with E-state index >= 15 is 0 Å². The van der Waals surface area contributed by atoms with Gasteiger partial charge in [0.25, 0.3) is 11.6 Å². The summed E-state index contributed by atoms with van der Waals surface area (Å²) in [5.74, 6) is -0.463. The highest BCUT2D eigenvalue weighted by Crippen LogP contribution is 2.37. The monoisotopic (exact) mass is 424 g/mol. The Bertz CT molecular complexity index is 1280. The number of ether oxygens (including phenoxy) is 1. The second-order valence-electron chi connectivity index (χ2n) is 5.91. The van der Waals surface area contributed by atoms with E-state index in [0.29, 0.717) is 22.6 Å². The molecule has 0 aliphatic carbocycles. The van der Waals surface area contributed by atoms with Crippen LogP contribution >= 0.6 is 0 Å². The quantitative estimate of drug-likeness (QED) is 0.374. The summed E-state index contributed by atoms with van der Waals surface area (Å²) in [6, 6.07) is 6.31. The minimum atomic E-state index is -5.10. The van der Waals surface area contributed by atoms with Crippen molar-refractivity contribution in [3.63, 3.8) is 0 Å². The molecule has 0 aliphatic heterocycles. The van der Waals surface area contributed by atoms with Gasteiger partial charge in [-0.15, -0.1) is 0 Å². The minimum absolute atomic E-state index is 0.0255. The van der Waals surface area contributed by atoms with Gasteiger partial charge >= 0.3 is 17.3 Å². The number of hydrogen-bond donors (Lipinski definition) is 2. The van der Waals surface area contributed by atoms with Gasteiger partial charge in [-0.2, -0.15) is 13.2 Å². The summed E-state index contributed by atoms with van der Waals surface area (Å²) < 4.78 is 44.8. The zero-order valence-electron chi connectivity index (χ0n) is 14.9. The summed E-state index contributed by atoms with van der Waals surface area (Å²) in [6.45, 7) is 0. The van der Waals surface area contributed by atoms with Crippen LogP contribution in [0, 0.1) is 10.1 Å². The van der Waals surface area contributed by atoms with E-state index < -0.39 is 50.4 Å². The maximum Gasteiger partial charge on any atom is 0.423 e. The molecule has 0 aliphatic rings. The first-order chi connectivity index (χ1) is 14.0. The van der Waals surface area contributed by atoms with Crippen molar-refractivity contribution in [1.29, 1.82) is 0 Å². The van der Waals surface area contributed by atoms with Crippen molar-refractivity contribution in [1.82, 2.24) is 9.66 Å². The maximum atomic E-state index is 13.2. The van der Waals surface area contributed by atoms with Crippen LogP contribution in [0.2, 0.25) is 0 Å². The number of aromatic amines is 1. The molecule has 3 aromatic rings. The van der Waals surface area contributed by atoms with Crippen LogP contribution in [0.4, 0.5) is 18.9 Å². The van der Waals surface area contributed by atoms with Crippen molar-refractivity contribution in [2.75, 3.05) is 12.5 Å². The van der Waals surface area contributed by atoms with Gasteiger partial charge in [0.2, 0.25) is 0 Å². The van der Waals surface area contributed by atoms with Gasteiger partial charge in [0, 0.05) is 11.6 Å². The number of methoxy groups -OCH3 is 1. The number of H-pyrrole nitrogens is 1. The van der Waals surface area contributed by atoms with Gasteiger partial charge in [0.05, 0.1) is 23.1 Å². The molecule has 1 aromatic heterocycles. The van der Waals surface area contributed by atoms with Crippen LogP contribution in [-0.4, -0.2) is 27.6 Å². The van der Waals surface area contributed by atoms with Crippen molar-refractivity contribution >= 4 is 22.6 Å². The topological polar surface area (TPSA) is 136 Å². The van der Waals surface area contributed by atoms with Crippen molar-refractivity contribution in [2.45, 2.75) is 6.18 Å². The lowest BCUT2D eigenvalue weighted by Gasteiger charge is -2.13. The molecule has 2 N–H and O–H groups in total. The second-order valence-corrected chi connectivity index (χ2v) is 5.91. The number of nitrogens with zero attached hydrogens (tertiary/aromatic N) is 2. The van der Waals surface area contributed by atoms with Crippen LogP contribution in [0.3, 0.4) is 0 Å². The largest absolute Gasteiger partial charge is 0.497 e. The molecule has 3 rings (SSSR count). The maximum absolute atomic E-state index is 13.2. The van der Waals surface area contributed by atoms with Crippen LogP contribution in [-0.2, 0) is 6.18 Å².